The third kappa shape index (κ3) is 1.64. The minimum absolute atomic E-state index is 0.126. The molecule has 0 saturated carbocycles. The molecule has 4 heteroatoms. The van der Waals surface area contributed by atoms with Crippen molar-refractivity contribution in [3.63, 3.8) is 0 Å². The Kier molecular flexibility index (Phi) is 2.56. The van der Waals surface area contributed by atoms with E-state index in [1.165, 1.54) is 0 Å². The largest absolute Gasteiger partial charge is 0.481 e. The maximum Gasteiger partial charge on any atom is 0.308 e. The summed E-state index contributed by atoms with van der Waals surface area (Å²) in [4.78, 5) is 10.5. The Bertz CT molecular complexity index is 140. The second-order valence-corrected chi connectivity index (χ2v) is 3.62. The average Bonchev–Trinajstić information content (AvgIpc) is 1.88. The van der Waals surface area contributed by atoms with Crippen LogP contribution in [0, 0.1) is 5.92 Å². The van der Waals surface area contributed by atoms with Crippen LogP contribution in [-0.2, 0) is 4.79 Å². The summed E-state index contributed by atoms with van der Waals surface area (Å²) < 4.78 is 0. The van der Waals surface area contributed by atoms with Crippen LogP contribution in [-0.4, -0.2) is 28.6 Å². The lowest BCUT2D eigenvalue weighted by Crippen LogP contribution is -2.40. The molecule has 0 amide bonds. The lowest BCUT2D eigenvalue weighted by atomic mass is 10.0. The predicted molar refractivity (Wildman–Crippen MR) is 41.0 cm³/mol. The third-order valence-corrected chi connectivity index (χ3v) is 2.85. The van der Waals surface area contributed by atoms with Gasteiger partial charge in [-0.15, -0.1) is 0 Å². The molecule has 10 heavy (non-hydrogen) atoms. The first-order valence-electron chi connectivity index (χ1n) is 3.28. The highest BCUT2D eigenvalue weighted by Crippen LogP contribution is 2.21. The zero-order valence-corrected chi connectivity index (χ0v) is 6.43. The quantitative estimate of drug-likeness (QED) is 0.574. The predicted octanol–water partition coefficient (Wildman–Crippen LogP) is 0.151. The molecule has 0 bridgehead atoms. The Labute approximate surface area is 64.0 Å². The number of carboxylic acid groups (broad SMARTS) is 1. The zero-order valence-electron chi connectivity index (χ0n) is 5.62. The number of hydrogen-bond acceptors (Lipinski definition) is 3. The molecule has 0 aromatic heterocycles. The smallest absolute Gasteiger partial charge is 0.308 e. The first kappa shape index (κ1) is 7.88. The van der Waals surface area contributed by atoms with E-state index >= 15 is 0 Å². The van der Waals surface area contributed by atoms with Gasteiger partial charge in [0, 0.05) is 11.8 Å². The van der Waals surface area contributed by atoms with Gasteiger partial charge in [0.1, 0.15) is 0 Å². The molecule has 0 aliphatic carbocycles. The molecule has 1 aliphatic heterocycles. The van der Waals surface area contributed by atoms with Gasteiger partial charge in [-0.05, 0) is 12.2 Å². The summed E-state index contributed by atoms with van der Waals surface area (Å²) in [6.45, 7) is 0. The van der Waals surface area contributed by atoms with Crippen LogP contribution in [0.2, 0.25) is 0 Å². The number of hydrogen-bond donors (Lipinski definition) is 2. The van der Waals surface area contributed by atoms with Crippen molar-refractivity contribution in [1.82, 2.24) is 0 Å². The molecule has 1 saturated heterocycles. The van der Waals surface area contributed by atoms with E-state index in [-0.39, 0.29) is 12.0 Å². The van der Waals surface area contributed by atoms with E-state index in [9.17, 15) is 4.79 Å². The summed E-state index contributed by atoms with van der Waals surface area (Å²) in [5.41, 5.74) is 5.59. The van der Waals surface area contributed by atoms with Crippen LogP contribution in [0.25, 0.3) is 0 Å². The summed E-state index contributed by atoms with van der Waals surface area (Å²) in [7, 11) is 0. The number of carboxylic acids is 1. The van der Waals surface area contributed by atoms with Crippen molar-refractivity contribution < 1.29 is 9.90 Å². The average molecular weight is 161 g/mol. The van der Waals surface area contributed by atoms with Gasteiger partial charge >= 0.3 is 5.97 Å². The van der Waals surface area contributed by atoms with E-state index < -0.39 is 5.97 Å². The van der Waals surface area contributed by atoms with Crippen molar-refractivity contribution in [2.24, 2.45) is 11.7 Å². The molecule has 1 rings (SSSR count). The van der Waals surface area contributed by atoms with Crippen molar-refractivity contribution in [2.45, 2.75) is 12.5 Å². The fourth-order valence-corrected chi connectivity index (χ4v) is 2.26. The van der Waals surface area contributed by atoms with Crippen molar-refractivity contribution in [2.75, 3.05) is 11.5 Å². The molecule has 2 atom stereocenters. The Hall–Kier alpha value is -0.220. The molecule has 3 N–H and O–H groups in total. The maximum atomic E-state index is 10.5. The van der Waals surface area contributed by atoms with Crippen molar-refractivity contribution in [1.29, 1.82) is 0 Å². The number of thioether (sulfide) groups is 1. The molecule has 1 heterocycles. The fourth-order valence-electron chi connectivity index (χ4n) is 1.01. The summed E-state index contributed by atoms with van der Waals surface area (Å²) in [6, 6.07) is -0.126. The minimum atomic E-state index is -0.750. The monoisotopic (exact) mass is 161 g/mol. The van der Waals surface area contributed by atoms with E-state index in [2.05, 4.69) is 0 Å². The maximum absolute atomic E-state index is 10.5. The highest BCUT2D eigenvalue weighted by Gasteiger charge is 2.27. The van der Waals surface area contributed by atoms with Gasteiger partial charge in [-0.3, -0.25) is 4.79 Å². The minimum Gasteiger partial charge on any atom is -0.481 e. The van der Waals surface area contributed by atoms with Gasteiger partial charge in [-0.2, -0.15) is 11.8 Å². The van der Waals surface area contributed by atoms with E-state index in [0.29, 0.717) is 5.75 Å². The number of nitrogens with two attached hydrogens (primary N) is 1. The van der Waals surface area contributed by atoms with Crippen LogP contribution in [0.1, 0.15) is 6.42 Å². The first-order chi connectivity index (χ1) is 4.72. The van der Waals surface area contributed by atoms with Crippen molar-refractivity contribution in [3.8, 4) is 0 Å². The van der Waals surface area contributed by atoms with Gasteiger partial charge in [0.2, 0.25) is 0 Å². The third-order valence-electron chi connectivity index (χ3n) is 1.73. The number of rotatable bonds is 1. The van der Waals surface area contributed by atoms with Gasteiger partial charge in [-0.25, -0.2) is 0 Å². The second kappa shape index (κ2) is 3.25. The zero-order chi connectivity index (χ0) is 7.56. The van der Waals surface area contributed by atoms with Gasteiger partial charge in [0.05, 0.1) is 5.92 Å². The van der Waals surface area contributed by atoms with Crippen LogP contribution >= 0.6 is 11.8 Å². The topological polar surface area (TPSA) is 63.3 Å². The molecule has 0 aromatic carbocycles. The second-order valence-electron chi connectivity index (χ2n) is 2.47. The van der Waals surface area contributed by atoms with Gasteiger partial charge in [0.15, 0.2) is 0 Å². The lowest BCUT2D eigenvalue weighted by Gasteiger charge is -2.24. The van der Waals surface area contributed by atoms with Gasteiger partial charge in [0.25, 0.3) is 0 Å². The normalized spacial score (nSPS) is 33.7. The van der Waals surface area contributed by atoms with E-state index in [1.807, 2.05) is 0 Å². The van der Waals surface area contributed by atoms with Crippen LogP contribution in [0.15, 0.2) is 0 Å². The standard InChI is InChI=1S/C6H11NO2S/c7-5-1-2-10-3-4(5)6(8)9/h4-5H,1-3,7H2,(H,8,9). The van der Waals surface area contributed by atoms with E-state index in [4.69, 9.17) is 10.8 Å². The molecule has 58 valence electrons. The first-order valence-corrected chi connectivity index (χ1v) is 4.43. The van der Waals surface area contributed by atoms with Gasteiger partial charge < -0.3 is 10.8 Å². The molecule has 0 aromatic rings. The highest BCUT2D eigenvalue weighted by molar-refractivity contribution is 7.99. The van der Waals surface area contributed by atoms with Crippen LogP contribution in [0.3, 0.4) is 0 Å². The number of carbonyl (C=O) groups is 1. The number of aliphatic carboxylic acids is 1. The molecule has 3 nitrogen and oxygen atoms in total. The van der Waals surface area contributed by atoms with Crippen LogP contribution in [0.5, 0.6) is 0 Å². The van der Waals surface area contributed by atoms with Crippen molar-refractivity contribution >= 4 is 17.7 Å². The molecular weight excluding hydrogens is 150 g/mol. The van der Waals surface area contributed by atoms with E-state index in [0.717, 1.165) is 12.2 Å². The molecular formula is C6H11NO2S. The Morgan fingerprint density at radius 3 is 2.80 bits per heavy atom. The molecule has 1 aliphatic rings. The summed E-state index contributed by atoms with van der Waals surface area (Å²) in [5, 5.41) is 8.62. The van der Waals surface area contributed by atoms with Crippen molar-refractivity contribution in [3.05, 3.63) is 0 Å². The van der Waals surface area contributed by atoms with Gasteiger partial charge in [-0.1, -0.05) is 0 Å². The molecule has 0 radical (unpaired) electrons. The van der Waals surface area contributed by atoms with Crippen LogP contribution in [0.4, 0.5) is 0 Å². The van der Waals surface area contributed by atoms with Crippen LogP contribution < -0.4 is 5.73 Å². The summed E-state index contributed by atoms with van der Waals surface area (Å²) >= 11 is 1.67. The summed E-state index contributed by atoms with van der Waals surface area (Å²) in [6.07, 6.45) is 0.835. The fraction of sp³-hybridized carbons (Fsp3) is 0.833. The molecule has 2 unspecified atom stereocenters. The Balaban J connectivity index is 2.47. The lowest BCUT2D eigenvalue weighted by molar-refractivity contribution is -0.141. The SMILES string of the molecule is NC1CCSCC1C(=O)O. The molecule has 1 fully saturated rings. The van der Waals surface area contributed by atoms with E-state index in [1.54, 1.807) is 11.8 Å². The molecule has 0 spiro atoms. The Morgan fingerprint density at radius 2 is 2.40 bits per heavy atom. The highest BCUT2D eigenvalue weighted by atomic mass is 32.2. The summed E-state index contributed by atoms with van der Waals surface area (Å²) in [5.74, 6) is 0.611. The Morgan fingerprint density at radius 1 is 1.70 bits per heavy atom.